The summed E-state index contributed by atoms with van der Waals surface area (Å²) in [6.07, 6.45) is 0.890. The zero-order chi connectivity index (χ0) is 12.7. The van der Waals surface area contributed by atoms with Gasteiger partial charge in [-0.3, -0.25) is 0 Å². The average molecular weight is 263 g/mol. The maximum absolute atomic E-state index is 13.3. The van der Waals surface area contributed by atoms with Gasteiger partial charge in [0.25, 0.3) is 0 Å². The Kier molecular flexibility index (Phi) is 2.63. The molecule has 2 N–H and O–H groups in total. The summed E-state index contributed by atoms with van der Waals surface area (Å²) in [6, 6.07) is 10.2. The summed E-state index contributed by atoms with van der Waals surface area (Å²) in [7, 11) is 0. The van der Waals surface area contributed by atoms with Crippen LogP contribution < -0.4 is 10.6 Å². The quantitative estimate of drug-likeness (QED) is 0.793. The molecule has 0 amide bonds. The molecule has 0 aliphatic carbocycles. The van der Waals surface area contributed by atoms with E-state index in [1.807, 2.05) is 17.0 Å². The molecule has 18 heavy (non-hydrogen) atoms. The van der Waals surface area contributed by atoms with Crippen molar-refractivity contribution in [2.75, 3.05) is 17.2 Å². The highest BCUT2D eigenvalue weighted by molar-refractivity contribution is 6.31. The number of anilines is 3. The lowest BCUT2D eigenvalue weighted by Crippen LogP contribution is -2.15. The van der Waals surface area contributed by atoms with Gasteiger partial charge in [-0.05, 0) is 42.3 Å². The van der Waals surface area contributed by atoms with E-state index >= 15 is 0 Å². The number of benzene rings is 2. The van der Waals surface area contributed by atoms with E-state index in [1.54, 1.807) is 18.2 Å². The van der Waals surface area contributed by atoms with Gasteiger partial charge in [0.15, 0.2) is 0 Å². The van der Waals surface area contributed by atoms with Crippen molar-refractivity contribution in [3.05, 3.63) is 52.8 Å². The van der Waals surface area contributed by atoms with Crippen LogP contribution in [0, 0.1) is 5.82 Å². The first-order valence-corrected chi connectivity index (χ1v) is 6.14. The van der Waals surface area contributed by atoms with E-state index < -0.39 is 0 Å². The maximum atomic E-state index is 13.3. The molecule has 92 valence electrons. The van der Waals surface area contributed by atoms with Gasteiger partial charge in [0.05, 0.1) is 11.4 Å². The third-order valence-corrected chi connectivity index (χ3v) is 3.46. The molecule has 0 bridgehead atoms. The number of halogens is 2. The van der Waals surface area contributed by atoms with Gasteiger partial charge < -0.3 is 10.6 Å². The predicted octanol–water partition coefficient (Wildman–Crippen LogP) is 3.76. The normalized spacial score (nSPS) is 13.8. The average Bonchev–Trinajstić information content (AvgIpc) is 2.75. The summed E-state index contributed by atoms with van der Waals surface area (Å²) in [5.41, 5.74) is 9.47. The summed E-state index contributed by atoms with van der Waals surface area (Å²) in [5, 5.41) is 0.629. The van der Waals surface area contributed by atoms with Crippen LogP contribution in [0.3, 0.4) is 0 Å². The molecular formula is C14H12ClFN2. The second-order valence-electron chi connectivity index (χ2n) is 4.38. The zero-order valence-corrected chi connectivity index (χ0v) is 10.4. The van der Waals surface area contributed by atoms with Crippen LogP contribution in [0.25, 0.3) is 0 Å². The fourth-order valence-electron chi connectivity index (χ4n) is 2.35. The number of nitrogens with two attached hydrogens (primary N) is 1. The summed E-state index contributed by atoms with van der Waals surface area (Å²) in [6.45, 7) is 0.795. The minimum Gasteiger partial charge on any atom is -0.397 e. The molecule has 2 nitrogen and oxygen atoms in total. The lowest BCUT2D eigenvalue weighted by molar-refractivity contribution is 0.628. The van der Waals surface area contributed by atoms with Gasteiger partial charge in [0.2, 0.25) is 0 Å². The van der Waals surface area contributed by atoms with Crippen LogP contribution in [0.4, 0.5) is 21.5 Å². The Hall–Kier alpha value is -1.74. The molecule has 1 heterocycles. The number of rotatable bonds is 1. The van der Waals surface area contributed by atoms with E-state index in [4.69, 9.17) is 17.3 Å². The Morgan fingerprint density at radius 1 is 1.11 bits per heavy atom. The van der Waals surface area contributed by atoms with Crippen molar-refractivity contribution in [1.82, 2.24) is 0 Å². The van der Waals surface area contributed by atoms with Crippen LogP contribution in [-0.2, 0) is 6.42 Å². The second kappa shape index (κ2) is 4.18. The lowest BCUT2D eigenvalue weighted by Gasteiger charge is -2.21. The third-order valence-electron chi connectivity index (χ3n) is 3.23. The minimum atomic E-state index is -0.235. The van der Waals surface area contributed by atoms with Crippen molar-refractivity contribution < 1.29 is 4.39 Å². The molecule has 0 aromatic heterocycles. The monoisotopic (exact) mass is 262 g/mol. The molecule has 0 radical (unpaired) electrons. The largest absolute Gasteiger partial charge is 0.397 e. The van der Waals surface area contributed by atoms with Crippen molar-refractivity contribution in [3.8, 4) is 0 Å². The van der Waals surface area contributed by atoms with Gasteiger partial charge in [-0.15, -0.1) is 0 Å². The molecule has 0 unspecified atom stereocenters. The number of nitrogens with zero attached hydrogens (tertiary/aromatic N) is 1. The maximum Gasteiger partial charge on any atom is 0.125 e. The van der Waals surface area contributed by atoms with Crippen molar-refractivity contribution in [3.63, 3.8) is 0 Å². The Morgan fingerprint density at radius 2 is 1.94 bits per heavy atom. The minimum absolute atomic E-state index is 0.235. The standard InChI is InChI=1S/C14H12ClFN2/c15-10-2-4-12(17)14(7-10)18-6-5-9-1-3-11(16)8-13(9)18/h1-4,7-8H,5-6,17H2. The number of hydrogen-bond acceptors (Lipinski definition) is 2. The fourth-order valence-corrected chi connectivity index (χ4v) is 2.52. The van der Waals surface area contributed by atoms with E-state index in [2.05, 4.69) is 0 Å². The molecule has 0 atom stereocenters. The third kappa shape index (κ3) is 1.81. The molecule has 2 aromatic carbocycles. The number of fused-ring (bicyclic) bond motifs is 1. The Balaban J connectivity index is 2.11. The highest BCUT2D eigenvalue weighted by atomic mass is 35.5. The van der Waals surface area contributed by atoms with Crippen LogP contribution in [0.15, 0.2) is 36.4 Å². The van der Waals surface area contributed by atoms with Gasteiger partial charge in [0.1, 0.15) is 5.82 Å². The van der Waals surface area contributed by atoms with Crippen LogP contribution in [0.2, 0.25) is 5.02 Å². The van der Waals surface area contributed by atoms with E-state index in [1.165, 1.54) is 6.07 Å². The zero-order valence-electron chi connectivity index (χ0n) is 9.66. The van der Waals surface area contributed by atoms with Gasteiger partial charge in [-0.1, -0.05) is 17.7 Å². The summed E-state index contributed by atoms with van der Waals surface area (Å²) in [5.74, 6) is -0.235. The number of nitrogen functional groups attached to an aromatic ring is 1. The molecule has 0 saturated carbocycles. The Labute approximate surface area is 110 Å². The van der Waals surface area contributed by atoms with Gasteiger partial charge in [-0.2, -0.15) is 0 Å². The fraction of sp³-hybridized carbons (Fsp3) is 0.143. The molecular weight excluding hydrogens is 251 g/mol. The van der Waals surface area contributed by atoms with Crippen LogP contribution in [0.5, 0.6) is 0 Å². The Bertz CT molecular complexity index is 613. The highest BCUT2D eigenvalue weighted by Gasteiger charge is 2.22. The summed E-state index contributed by atoms with van der Waals surface area (Å²) >= 11 is 6.00. The van der Waals surface area contributed by atoms with Gasteiger partial charge in [-0.25, -0.2) is 4.39 Å². The summed E-state index contributed by atoms with van der Waals surface area (Å²) < 4.78 is 13.3. The Morgan fingerprint density at radius 3 is 2.78 bits per heavy atom. The predicted molar refractivity (Wildman–Crippen MR) is 73.0 cm³/mol. The lowest BCUT2D eigenvalue weighted by atomic mass is 10.1. The van der Waals surface area contributed by atoms with Crippen molar-refractivity contribution in [1.29, 1.82) is 0 Å². The topological polar surface area (TPSA) is 29.3 Å². The van der Waals surface area contributed by atoms with E-state index in [-0.39, 0.29) is 5.82 Å². The molecule has 4 heteroatoms. The molecule has 0 fully saturated rings. The van der Waals surface area contributed by atoms with E-state index in [0.717, 1.165) is 29.9 Å². The molecule has 0 saturated heterocycles. The van der Waals surface area contributed by atoms with E-state index in [9.17, 15) is 4.39 Å². The first-order valence-electron chi connectivity index (χ1n) is 5.76. The highest BCUT2D eigenvalue weighted by Crippen LogP contribution is 2.38. The molecule has 2 aromatic rings. The van der Waals surface area contributed by atoms with Gasteiger partial charge >= 0.3 is 0 Å². The SMILES string of the molecule is Nc1ccc(Cl)cc1N1CCc2ccc(F)cc21. The van der Waals surface area contributed by atoms with E-state index in [0.29, 0.717) is 10.7 Å². The first kappa shape index (κ1) is 11.4. The molecule has 3 rings (SSSR count). The van der Waals surface area contributed by atoms with Crippen molar-refractivity contribution >= 4 is 28.7 Å². The van der Waals surface area contributed by atoms with Crippen LogP contribution in [-0.4, -0.2) is 6.54 Å². The van der Waals surface area contributed by atoms with Gasteiger partial charge in [0, 0.05) is 17.3 Å². The molecule has 1 aliphatic heterocycles. The second-order valence-corrected chi connectivity index (χ2v) is 4.81. The van der Waals surface area contributed by atoms with Crippen LogP contribution in [0.1, 0.15) is 5.56 Å². The molecule has 1 aliphatic rings. The number of hydrogen-bond donors (Lipinski definition) is 1. The van der Waals surface area contributed by atoms with Crippen molar-refractivity contribution in [2.45, 2.75) is 6.42 Å². The van der Waals surface area contributed by atoms with Crippen molar-refractivity contribution in [2.24, 2.45) is 0 Å². The summed E-state index contributed by atoms with van der Waals surface area (Å²) in [4.78, 5) is 2.01. The van der Waals surface area contributed by atoms with Crippen LogP contribution >= 0.6 is 11.6 Å². The first-order chi connectivity index (χ1) is 8.65. The smallest absolute Gasteiger partial charge is 0.125 e. The molecule has 0 spiro atoms.